The van der Waals surface area contributed by atoms with Crippen LogP contribution in [-0.4, -0.2) is 16.2 Å². The number of aromatic nitrogens is 2. The molecule has 1 aromatic heterocycles. The summed E-state index contributed by atoms with van der Waals surface area (Å²) in [4.78, 5) is 11.6. The third-order valence-corrected chi connectivity index (χ3v) is 2.23. The summed E-state index contributed by atoms with van der Waals surface area (Å²) in [5.74, 6) is -2.48. The standard InChI is InChI=1S/C10H8F2N4O2/c1-4-2-6(12)7(3-5(4)11)14-10(17)8-9(13)16-18-15-8/h2-3H,1H3,(H2,13,16)(H,14,17). The second-order valence-electron chi connectivity index (χ2n) is 3.53. The molecule has 1 heterocycles. The van der Waals surface area contributed by atoms with E-state index >= 15 is 0 Å². The highest BCUT2D eigenvalue weighted by Gasteiger charge is 2.18. The van der Waals surface area contributed by atoms with Crippen molar-refractivity contribution >= 4 is 17.4 Å². The minimum Gasteiger partial charge on any atom is -0.379 e. The van der Waals surface area contributed by atoms with E-state index in [2.05, 4.69) is 20.3 Å². The molecule has 0 saturated carbocycles. The van der Waals surface area contributed by atoms with Gasteiger partial charge in [0.1, 0.15) is 11.6 Å². The van der Waals surface area contributed by atoms with Crippen LogP contribution in [-0.2, 0) is 0 Å². The van der Waals surface area contributed by atoms with Crippen LogP contribution in [0.15, 0.2) is 16.8 Å². The van der Waals surface area contributed by atoms with Gasteiger partial charge in [-0.3, -0.25) is 4.79 Å². The molecule has 0 spiro atoms. The number of anilines is 2. The fourth-order valence-corrected chi connectivity index (χ4v) is 1.28. The number of nitrogens with zero attached hydrogens (tertiary/aromatic N) is 2. The molecule has 1 amide bonds. The summed E-state index contributed by atoms with van der Waals surface area (Å²) in [5.41, 5.74) is 4.81. The number of amides is 1. The summed E-state index contributed by atoms with van der Waals surface area (Å²) < 4.78 is 30.9. The van der Waals surface area contributed by atoms with Gasteiger partial charge < -0.3 is 11.1 Å². The van der Waals surface area contributed by atoms with Crippen molar-refractivity contribution in [3.8, 4) is 0 Å². The number of nitrogens with one attached hydrogen (secondary N) is 1. The maximum Gasteiger partial charge on any atom is 0.281 e. The summed E-state index contributed by atoms with van der Waals surface area (Å²) in [6.45, 7) is 1.41. The summed E-state index contributed by atoms with van der Waals surface area (Å²) in [5, 5.41) is 8.56. The largest absolute Gasteiger partial charge is 0.379 e. The predicted octanol–water partition coefficient (Wildman–Crippen LogP) is 1.49. The van der Waals surface area contributed by atoms with E-state index in [4.69, 9.17) is 5.73 Å². The van der Waals surface area contributed by atoms with Gasteiger partial charge in [0.15, 0.2) is 0 Å². The van der Waals surface area contributed by atoms with Crippen LogP contribution in [0, 0.1) is 18.6 Å². The number of nitrogen functional groups attached to an aromatic ring is 1. The van der Waals surface area contributed by atoms with E-state index in [-0.39, 0.29) is 22.8 Å². The molecule has 2 rings (SSSR count). The molecule has 8 heteroatoms. The highest BCUT2D eigenvalue weighted by molar-refractivity contribution is 6.05. The number of hydrogen-bond acceptors (Lipinski definition) is 5. The maximum atomic E-state index is 13.5. The van der Waals surface area contributed by atoms with Gasteiger partial charge in [-0.1, -0.05) is 0 Å². The molecule has 1 aromatic carbocycles. The third kappa shape index (κ3) is 2.12. The Hall–Kier alpha value is -2.51. The van der Waals surface area contributed by atoms with Gasteiger partial charge >= 0.3 is 0 Å². The van der Waals surface area contributed by atoms with Gasteiger partial charge in [-0.2, -0.15) is 0 Å². The topological polar surface area (TPSA) is 94.0 Å². The number of halogens is 2. The quantitative estimate of drug-likeness (QED) is 0.846. The number of carbonyl (C=O) groups excluding carboxylic acids is 1. The zero-order valence-electron chi connectivity index (χ0n) is 9.20. The first-order valence-corrected chi connectivity index (χ1v) is 4.84. The SMILES string of the molecule is Cc1cc(F)c(NC(=O)c2nonc2N)cc1F. The van der Waals surface area contributed by atoms with Crippen LogP contribution in [0.25, 0.3) is 0 Å². The minimum absolute atomic E-state index is 0.133. The van der Waals surface area contributed by atoms with Crippen molar-refractivity contribution in [3.63, 3.8) is 0 Å². The van der Waals surface area contributed by atoms with Crippen LogP contribution in [0.3, 0.4) is 0 Å². The zero-order chi connectivity index (χ0) is 13.3. The van der Waals surface area contributed by atoms with E-state index in [0.717, 1.165) is 12.1 Å². The molecule has 0 bridgehead atoms. The van der Waals surface area contributed by atoms with Crippen LogP contribution in [0.1, 0.15) is 16.1 Å². The number of hydrogen-bond donors (Lipinski definition) is 2. The number of aryl methyl sites for hydroxylation is 1. The molecule has 0 aliphatic rings. The molecule has 94 valence electrons. The highest BCUT2D eigenvalue weighted by atomic mass is 19.1. The van der Waals surface area contributed by atoms with E-state index in [9.17, 15) is 13.6 Å². The Kier molecular flexibility index (Phi) is 2.92. The molecular weight excluding hydrogens is 246 g/mol. The van der Waals surface area contributed by atoms with Gasteiger partial charge in [-0.25, -0.2) is 13.4 Å². The number of benzene rings is 1. The Bertz CT molecular complexity index is 612. The Morgan fingerprint density at radius 3 is 2.67 bits per heavy atom. The van der Waals surface area contributed by atoms with Crippen LogP contribution in [0.4, 0.5) is 20.3 Å². The van der Waals surface area contributed by atoms with Gasteiger partial charge in [0.2, 0.25) is 11.5 Å². The molecule has 0 unspecified atom stereocenters. The summed E-state index contributed by atoms with van der Waals surface area (Å²) in [7, 11) is 0. The number of nitrogens with two attached hydrogens (primary N) is 1. The fourth-order valence-electron chi connectivity index (χ4n) is 1.28. The van der Waals surface area contributed by atoms with E-state index in [1.54, 1.807) is 0 Å². The number of carbonyl (C=O) groups is 1. The first-order valence-electron chi connectivity index (χ1n) is 4.84. The van der Waals surface area contributed by atoms with Gasteiger partial charge in [-0.15, -0.1) is 0 Å². The molecule has 3 N–H and O–H groups in total. The van der Waals surface area contributed by atoms with Crippen LogP contribution >= 0.6 is 0 Å². The molecule has 18 heavy (non-hydrogen) atoms. The van der Waals surface area contributed by atoms with E-state index in [1.165, 1.54) is 6.92 Å². The van der Waals surface area contributed by atoms with Crippen molar-refractivity contribution in [1.29, 1.82) is 0 Å². The molecule has 2 aromatic rings. The minimum atomic E-state index is -0.837. The second-order valence-corrected chi connectivity index (χ2v) is 3.53. The van der Waals surface area contributed by atoms with E-state index < -0.39 is 17.5 Å². The van der Waals surface area contributed by atoms with Crippen molar-refractivity contribution in [1.82, 2.24) is 10.3 Å². The van der Waals surface area contributed by atoms with Crippen LogP contribution in [0.2, 0.25) is 0 Å². The van der Waals surface area contributed by atoms with Gasteiger partial charge in [0.25, 0.3) is 5.91 Å². The molecule has 0 aliphatic carbocycles. The van der Waals surface area contributed by atoms with Crippen LogP contribution in [0.5, 0.6) is 0 Å². The van der Waals surface area contributed by atoms with Gasteiger partial charge in [-0.05, 0) is 28.9 Å². The molecule has 0 fully saturated rings. The molecule has 0 aliphatic heterocycles. The first kappa shape index (κ1) is 12.0. The molecule has 0 radical (unpaired) electrons. The lowest BCUT2D eigenvalue weighted by atomic mass is 10.2. The monoisotopic (exact) mass is 254 g/mol. The smallest absolute Gasteiger partial charge is 0.281 e. The Morgan fingerprint density at radius 1 is 1.33 bits per heavy atom. The van der Waals surface area contributed by atoms with Crippen molar-refractivity contribution in [2.24, 2.45) is 0 Å². The second kappa shape index (κ2) is 4.40. The average Bonchev–Trinajstić information content (AvgIpc) is 2.72. The number of rotatable bonds is 2. The van der Waals surface area contributed by atoms with Crippen molar-refractivity contribution in [3.05, 3.63) is 35.0 Å². The highest BCUT2D eigenvalue weighted by Crippen LogP contribution is 2.19. The first-order chi connectivity index (χ1) is 8.49. The van der Waals surface area contributed by atoms with E-state index in [0.29, 0.717) is 0 Å². The fraction of sp³-hybridized carbons (Fsp3) is 0.100. The van der Waals surface area contributed by atoms with E-state index in [1.807, 2.05) is 0 Å². The zero-order valence-corrected chi connectivity index (χ0v) is 9.20. The summed E-state index contributed by atoms with van der Waals surface area (Å²) in [6, 6.07) is 1.83. The maximum absolute atomic E-state index is 13.5. The molecular formula is C10H8F2N4O2. The Morgan fingerprint density at radius 2 is 2.06 bits per heavy atom. The predicted molar refractivity (Wildman–Crippen MR) is 57.8 cm³/mol. The molecule has 6 nitrogen and oxygen atoms in total. The average molecular weight is 254 g/mol. The van der Waals surface area contributed by atoms with Crippen molar-refractivity contribution in [2.75, 3.05) is 11.1 Å². The van der Waals surface area contributed by atoms with Crippen molar-refractivity contribution in [2.45, 2.75) is 6.92 Å². The molecule has 0 atom stereocenters. The summed E-state index contributed by atoms with van der Waals surface area (Å²) >= 11 is 0. The Balaban J connectivity index is 2.28. The third-order valence-electron chi connectivity index (χ3n) is 2.23. The Labute approximate surface area is 99.7 Å². The lowest BCUT2D eigenvalue weighted by molar-refractivity contribution is 0.101. The van der Waals surface area contributed by atoms with Gasteiger partial charge in [0, 0.05) is 6.07 Å². The summed E-state index contributed by atoms with van der Waals surface area (Å²) in [6.07, 6.45) is 0. The van der Waals surface area contributed by atoms with Crippen LogP contribution < -0.4 is 11.1 Å². The lowest BCUT2D eigenvalue weighted by Gasteiger charge is -2.06. The lowest BCUT2D eigenvalue weighted by Crippen LogP contribution is -2.15. The normalized spacial score (nSPS) is 10.4. The van der Waals surface area contributed by atoms with Gasteiger partial charge in [0.05, 0.1) is 5.69 Å². The molecule has 0 saturated heterocycles. The van der Waals surface area contributed by atoms with Crippen molar-refractivity contribution < 1.29 is 18.2 Å².